The van der Waals surface area contributed by atoms with Gasteiger partial charge >= 0.3 is 0 Å². The van der Waals surface area contributed by atoms with Crippen molar-refractivity contribution >= 4 is 33.2 Å². The van der Waals surface area contributed by atoms with E-state index in [1.165, 1.54) is 0 Å². The highest BCUT2D eigenvalue weighted by atomic mass is 79.9. The van der Waals surface area contributed by atoms with E-state index in [1.807, 2.05) is 42.5 Å². The summed E-state index contributed by atoms with van der Waals surface area (Å²) < 4.78 is 12.1. The molecule has 1 atom stereocenters. The van der Waals surface area contributed by atoms with Crippen molar-refractivity contribution < 1.29 is 14.3 Å². The summed E-state index contributed by atoms with van der Waals surface area (Å²) in [5.41, 5.74) is 2.94. The van der Waals surface area contributed by atoms with E-state index in [4.69, 9.17) is 9.47 Å². The predicted molar refractivity (Wildman–Crippen MR) is 105 cm³/mol. The highest BCUT2D eigenvalue weighted by Crippen LogP contribution is 2.32. The van der Waals surface area contributed by atoms with Crippen LogP contribution in [0.25, 0.3) is 0 Å². The van der Waals surface area contributed by atoms with Crippen LogP contribution in [-0.4, -0.2) is 38.8 Å². The van der Waals surface area contributed by atoms with Crippen LogP contribution in [-0.2, 0) is 16.0 Å². The average Bonchev–Trinajstić information content (AvgIpc) is 2.68. The topological polar surface area (TPSA) is 50.8 Å². The number of halogens is 1. The second-order valence-electron chi connectivity index (χ2n) is 6.57. The van der Waals surface area contributed by atoms with Crippen molar-refractivity contribution in [3.8, 4) is 5.75 Å². The molecule has 0 aliphatic carbocycles. The number of fused-ring (bicyclic) bond motifs is 1. The number of rotatable bonds is 3. The fourth-order valence-electron chi connectivity index (χ4n) is 3.42. The van der Waals surface area contributed by atoms with Crippen molar-refractivity contribution in [3.63, 3.8) is 0 Å². The Morgan fingerprint density at radius 1 is 1.15 bits per heavy atom. The lowest BCUT2D eigenvalue weighted by molar-refractivity contribution is -0.121. The molecule has 0 saturated carbocycles. The van der Waals surface area contributed by atoms with Gasteiger partial charge in [-0.25, -0.2) is 0 Å². The first-order valence-electron chi connectivity index (χ1n) is 8.84. The highest BCUT2D eigenvalue weighted by molar-refractivity contribution is 9.10. The minimum absolute atomic E-state index is 0.00730. The Kier molecular flexibility index (Phi) is 5.13. The smallest absolute Gasteiger partial charge is 0.231 e. The molecule has 0 radical (unpaired) electrons. The van der Waals surface area contributed by atoms with Gasteiger partial charge in [0.05, 0.1) is 30.5 Å². The van der Waals surface area contributed by atoms with E-state index in [0.29, 0.717) is 26.2 Å². The number of carbonyl (C=O) groups excluding carboxylic acids is 1. The van der Waals surface area contributed by atoms with E-state index in [2.05, 4.69) is 26.1 Å². The van der Waals surface area contributed by atoms with Crippen molar-refractivity contribution in [2.45, 2.75) is 6.42 Å². The van der Waals surface area contributed by atoms with Gasteiger partial charge in [0.1, 0.15) is 12.4 Å². The number of morpholine rings is 1. The van der Waals surface area contributed by atoms with Crippen molar-refractivity contribution in [3.05, 3.63) is 52.5 Å². The van der Waals surface area contributed by atoms with E-state index in [0.717, 1.165) is 40.2 Å². The maximum Gasteiger partial charge on any atom is 0.231 e. The maximum absolute atomic E-state index is 12.9. The molecule has 2 aromatic rings. The Labute approximate surface area is 161 Å². The lowest BCUT2D eigenvalue weighted by atomic mass is 9.96. The molecule has 0 aromatic heterocycles. The summed E-state index contributed by atoms with van der Waals surface area (Å²) >= 11 is 3.51. The molecule has 1 amide bonds. The standard InChI is InChI=1S/C20H21BrN2O3/c21-16-5-6-18(23-7-9-25-10-8-23)17(12-16)22-20(24)15-11-14-3-1-2-4-19(14)26-13-15/h1-6,12,15H,7-11,13H2,(H,22,24). The van der Waals surface area contributed by atoms with Crippen molar-refractivity contribution in [2.24, 2.45) is 5.92 Å². The second kappa shape index (κ2) is 7.68. The molecule has 6 heteroatoms. The molecule has 0 spiro atoms. The zero-order chi connectivity index (χ0) is 17.9. The summed E-state index contributed by atoms with van der Waals surface area (Å²) in [7, 11) is 0. The minimum atomic E-state index is -0.193. The zero-order valence-corrected chi connectivity index (χ0v) is 16.0. The quantitative estimate of drug-likeness (QED) is 0.831. The second-order valence-corrected chi connectivity index (χ2v) is 7.49. The molecule has 5 nitrogen and oxygen atoms in total. The van der Waals surface area contributed by atoms with Gasteiger partial charge in [-0.05, 0) is 36.2 Å². The first kappa shape index (κ1) is 17.4. The van der Waals surface area contributed by atoms with Crippen LogP contribution < -0.4 is 15.0 Å². The van der Waals surface area contributed by atoms with Crippen LogP contribution in [0.1, 0.15) is 5.56 Å². The van der Waals surface area contributed by atoms with Crippen LogP contribution in [0.5, 0.6) is 5.75 Å². The predicted octanol–water partition coefficient (Wildman–Crippen LogP) is 3.48. The van der Waals surface area contributed by atoms with Gasteiger partial charge in [-0.3, -0.25) is 4.79 Å². The molecule has 1 unspecified atom stereocenters. The number of hydrogen-bond donors (Lipinski definition) is 1. The Morgan fingerprint density at radius 2 is 1.96 bits per heavy atom. The molecule has 4 rings (SSSR count). The van der Waals surface area contributed by atoms with Crippen LogP contribution >= 0.6 is 15.9 Å². The third-order valence-corrected chi connectivity index (χ3v) is 5.31. The molecule has 2 heterocycles. The largest absolute Gasteiger partial charge is 0.492 e. The molecular formula is C20H21BrN2O3. The summed E-state index contributed by atoms with van der Waals surface area (Å²) in [6.07, 6.45) is 0.697. The SMILES string of the molecule is O=C(Nc1cc(Br)ccc1N1CCOCC1)C1COc2ccccc2C1. The number of ether oxygens (including phenoxy) is 2. The molecule has 1 saturated heterocycles. The number of amides is 1. The molecule has 2 aliphatic heterocycles. The number of para-hydroxylation sites is 1. The summed E-state index contributed by atoms with van der Waals surface area (Å²) in [6.45, 7) is 3.46. The Hall–Kier alpha value is -2.05. The van der Waals surface area contributed by atoms with Gasteiger partial charge < -0.3 is 19.7 Å². The van der Waals surface area contributed by atoms with E-state index < -0.39 is 0 Å². The van der Waals surface area contributed by atoms with Gasteiger partial charge in [0.15, 0.2) is 0 Å². The molecule has 1 N–H and O–H groups in total. The summed E-state index contributed by atoms with van der Waals surface area (Å²) in [5, 5.41) is 3.12. The summed E-state index contributed by atoms with van der Waals surface area (Å²) in [6, 6.07) is 13.9. The van der Waals surface area contributed by atoms with Gasteiger partial charge in [0.25, 0.3) is 0 Å². The first-order chi connectivity index (χ1) is 12.7. The molecule has 1 fully saturated rings. The number of hydrogen-bond acceptors (Lipinski definition) is 4. The third-order valence-electron chi connectivity index (χ3n) is 4.82. The Balaban J connectivity index is 1.52. The zero-order valence-electron chi connectivity index (χ0n) is 14.4. The van der Waals surface area contributed by atoms with Gasteiger partial charge in [0.2, 0.25) is 5.91 Å². The maximum atomic E-state index is 12.9. The van der Waals surface area contributed by atoms with E-state index in [-0.39, 0.29) is 11.8 Å². The van der Waals surface area contributed by atoms with Gasteiger partial charge in [-0.1, -0.05) is 34.1 Å². The fourth-order valence-corrected chi connectivity index (χ4v) is 3.78. The van der Waals surface area contributed by atoms with Crippen LogP contribution in [0.4, 0.5) is 11.4 Å². The van der Waals surface area contributed by atoms with Crippen LogP contribution in [0, 0.1) is 5.92 Å². The molecule has 26 heavy (non-hydrogen) atoms. The van der Waals surface area contributed by atoms with Crippen LogP contribution in [0.2, 0.25) is 0 Å². The van der Waals surface area contributed by atoms with Crippen LogP contribution in [0.3, 0.4) is 0 Å². The normalized spacial score (nSPS) is 19.4. The van der Waals surface area contributed by atoms with Crippen molar-refractivity contribution in [1.82, 2.24) is 0 Å². The highest BCUT2D eigenvalue weighted by Gasteiger charge is 2.27. The Morgan fingerprint density at radius 3 is 2.81 bits per heavy atom. The molecular weight excluding hydrogens is 396 g/mol. The molecule has 2 aromatic carbocycles. The van der Waals surface area contributed by atoms with Gasteiger partial charge in [-0.2, -0.15) is 0 Å². The van der Waals surface area contributed by atoms with Crippen molar-refractivity contribution in [2.75, 3.05) is 43.1 Å². The molecule has 2 aliphatic rings. The number of anilines is 2. The Bertz CT molecular complexity index is 805. The van der Waals surface area contributed by atoms with E-state index >= 15 is 0 Å². The molecule has 136 valence electrons. The summed E-state index contributed by atoms with van der Waals surface area (Å²) in [5.74, 6) is 0.682. The molecule has 0 bridgehead atoms. The van der Waals surface area contributed by atoms with E-state index in [9.17, 15) is 4.79 Å². The van der Waals surface area contributed by atoms with Crippen molar-refractivity contribution in [1.29, 1.82) is 0 Å². The lowest BCUT2D eigenvalue weighted by Gasteiger charge is -2.31. The van der Waals surface area contributed by atoms with E-state index in [1.54, 1.807) is 0 Å². The minimum Gasteiger partial charge on any atom is -0.492 e. The number of nitrogens with one attached hydrogen (secondary N) is 1. The monoisotopic (exact) mass is 416 g/mol. The van der Waals surface area contributed by atoms with Gasteiger partial charge in [0, 0.05) is 17.6 Å². The number of nitrogens with zero attached hydrogens (tertiary/aromatic N) is 1. The average molecular weight is 417 g/mol. The fraction of sp³-hybridized carbons (Fsp3) is 0.350. The summed E-state index contributed by atoms with van der Waals surface area (Å²) in [4.78, 5) is 15.1. The first-order valence-corrected chi connectivity index (χ1v) is 9.64. The third kappa shape index (κ3) is 3.71. The number of carbonyl (C=O) groups is 1. The lowest BCUT2D eigenvalue weighted by Crippen LogP contribution is -2.37. The number of benzene rings is 2. The van der Waals surface area contributed by atoms with Gasteiger partial charge in [-0.15, -0.1) is 0 Å². The van der Waals surface area contributed by atoms with Crippen LogP contribution in [0.15, 0.2) is 46.9 Å².